The van der Waals surface area contributed by atoms with Crippen LogP contribution in [0.4, 0.5) is 6.01 Å². The molecule has 0 spiro atoms. The molecule has 0 aliphatic carbocycles. The third-order valence-electron chi connectivity index (χ3n) is 2.07. The molecule has 0 radical (unpaired) electrons. The van der Waals surface area contributed by atoms with Crippen LogP contribution in [0.2, 0.25) is 0 Å². The van der Waals surface area contributed by atoms with E-state index in [4.69, 9.17) is 4.42 Å². The van der Waals surface area contributed by atoms with Crippen LogP contribution in [0.3, 0.4) is 0 Å². The Labute approximate surface area is 85.3 Å². The lowest BCUT2D eigenvalue weighted by atomic mass is 10.3. The van der Waals surface area contributed by atoms with Crippen molar-refractivity contribution in [2.75, 3.05) is 25.5 Å². The molecule has 0 amide bonds. The molecule has 80 valence electrons. The SMILES string of the molecule is CCCCN(C)c1nc(CNC)co1. The van der Waals surface area contributed by atoms with Gasteiger partial charge in [0.2, 0.25) is 0 Å². The van der Waals surface area contributed by atoms with Gasteiger partial charge in [-0.05, 0) is 13.5 Å². The molecule has 1 N–H and O–H groups in total. The van der Waals surface area contributed by atoms with Crippen LogP contribution in [0.15, 0.2) is 10.7 Å². The van der Waals surface area contributed by atoms with Crippen molar-refractivity contribution in [2.45, 2.75) is 26.3 Å². The number of nitrogens with zero attached hydrogens (tertiary/aromatic N) is 2. The number of hydrogen-bond donors (Lipinski definition) is 1. The molecule has 0 unspecified atom stereocenters. The van der Waals surface area contributed by atoms with Gasteiger partial charge in [-0.3, -0.25) is 0 Å². The van der Waals surface area contributed by atoms with Gasteiger partial charge in [0, 0.05) is 20.1 Å². The molecule has 1 heterocycles. The van der Waals surface area contributed by atoms with E-state index < -0.39 is 0 Å². The summed E-state index contributed by atoms with van der Waals surface area (Å²) >= 11 is 0. The second kappa shape index (κ2) is 5.65. The third-order valence-corrected chi connectivity index (χ3v) is 2.07. The van der Waals surface area contributed by atoms with Crippen molar-refractivity contribution in [3.63, 3.8) is 0 Å². The molecule has 14 heavy (non-hydrogen) atoms. The normalized spacial score (nSPS) is 10.5. The molecular formula is C10H19N3O. The molecule has 1 rings (SSSR count). The number of rotatable bonds is 6. The second-order valence-corrected chi connectivity index (χ2v) is 3.43. The van der Waals surface area contributed by atoms with Crippen molar-refractivity contribution >= 4 is 6.01 Å². The lowest BCUT2D eigenvalue weighted by molar-refractivity contribution is 0.540. The first-order valence-electron chi connectivity index (χ1n) is 5.08. The van der Waals surface area contributed by atoms with Crippen LogP contribution in [0.1, 0.15) is 25.5 Å². The van der Waals surface area contributed by atoms with Gasteiger partial charge in [-0.15, -0.1) is 0 Å². The summed E-state index contributed by atoms with van der Waals surface area (Å²) in [6, 6.07) is 0.712. The molecule has 0 aliphatic rings. The zero-order chi connectivity index (χ0) is 10.4. The van der Waals surface area contributed by atoms with Crippen molar-refractivity contribution in [1.29, 1.82) is 0 Å². The zero-order valence-electron chi connectivity index (χ0n) is 9.21. The zero-order valence-corrected chi connectivity index (χ0v) is 9.21. The maximum Gasteiger partial charge on any atom is 0.297 e. The molecule has 4 heteroatoms. The Bertz CT molecular complexity index is 260. The lowest BCUT2D eigenvalue weighted by Crippen LogP contribution is -2.18. The summed E-state index contributed by atoms with van der Waals surface area (Å²) < 4.78 is 5.35. The number of nitrogens with one attached hydrogen (secondary N) is 1. The van der Waals surface area contributed by atoms with Gasteiger partial charge in [0.25, 0.3) is 6.01 Å². The molecule has 0 aliphatic heterocycles. The third kappa shape index (κ3) is 3.03. The van der Waals surface area contributed by atoms with Crippen LogP contribution >= 0.6 is 0 Å². The summed E-state index contributed by atoms with van der Waals surface area (Å²) in [4.78, 5) is 6.39. The fourth-order valence-corrected chi connectivity index (χ4v) is 1.22. The van der Waals surface area contributed by atoms with Gasteiger partial charge in [-0.2, -0.15) is 4.98 Å². The van der Waals surface area contributed by atoms with Crippen LogP contribution in [-0.2, 0) is 6.54 Å². The van der Waals surface area contributed by atoms with Crippen LogP contribution in [0.25, 0.3) is 0 Å². The summed E-state index contributed by atoms with van der Waals surface area (Å²) in [5, 5.41) is 3.04. The van der Waals surface area contributed by atoms with E-state index in [1.165, 1.54) is 12.8 Å². The minimum Gasteiger partial charge on any atom is -0.432 e. The minimum absolute atomic E-state index is 0.712. The van der Waals surface area contributed by atoms with Crippen molar-refractivity contribution in [3.8, 4) is 0 Å². The molecule has 0 saturated carbocycles. The first-order chi connectivity index (χ1) is 6.77. The van der Waals surface area contributed by atoms with Gasteiger partial charge in [0.1, 0.15) is 6.26 Å². The Morgan fingerprint density at radius 2 is 2.36 bits per heavy atom. The highest BCUT2D eigenvalue weighted by atomic mass is 16.4. The fraction of sp³-hybridized carbons (Fsp3) is 0.700. The maximum absolute atomic E-state index is 5.35. The molecule has 0 aromatic carbocycles. The molecule has 1 aromatic heterocycles. The van der Waals surface area contributed by atoms with E-state index in [0.717, 1.165) is 18.8 Å². The highest BCUT2D eigenvalue weighted by Gasteiger charge is 2.07. The average Bonchev–Trinajstić information content (AvgIpc) is 2.63. The first kappa shape index (κ1) is 11.0. The number of hydrogen-bond acceptors (Lipinski definition) is 4. The fourth-order valence-electron chi connectivity index (χ4n) is 1.22. The monoisotopic (exact) mass is 197 g/mol. The highest BCUT2D eigenvalue weighted by molar-refractivity contribution is 5.24. The Hall–Kier alpha value is -1.03. The van der Waals surface area contributed by atoms with Crippen LogP contribution in [0.5, 0.6) is 0 Å². The molecule has 4 nitrogen and oxygen atoms in total. The highest BCUT2D eigenvalue weighted by Crippen LogP contribution is 2.12. The average molecular weight is 197 g/mol. The van der Waals surface area contributed by atoms with E-state index in [1.807, 2.05) is 19.0 Å². The van der Waals surface area contributed by atoms with Crippen LogP contribution in [0, 0.1) is 0 Å². The Morgan fingerprint density at radius 1 is 1.57 bits per heavy atom. The molecule has 0 atom stereocenters. The summed E-state index contributed by atoms with van der Waals surface area (Å²) in [6.07, 6.45) is 4.06. The largest absolute Gasteiger partial charge is 0.432 e. The number of unbranched alkanes of at least 4 members (excludes halogenated alkanes) is 1. The molecule has 1 aromatic rings. The van der Waals surface area contributed by atoms with Gasteiger partial charge in [0.05, 0.1) is 5.69 Å². The van der Waals surface area contributed by atoms with Gasteiger partial charge >= 0.3 is 0 Å². The van der Waals surface area contributed by atoms with Gasteiger partial charge < -0.3 is 14.6 Å². The van der Waals surface area contributed by atoms with Crippen molar-refractivity contribution in [1.82, 2.24) is 10.3 Å². The number of anilines is 1. The van der Waals surface area contributed by atoms with Crippen LogP contribution in [-0.4, -0.2) is 25.6 Å². The minimum atomic E-state index is 0.712. The van der Waals surface area contributed by atoms with Crippen molar-refractivity contribution in [3.05, 3.63) is 12.0 Å². The summed E-state index contributed by atoms with van der Waals surface area (Å²) in [5.41, 5.74) is 0.950. The Balaban J connectivity index is 2.48. The first-order valence-corrected chi connectivity index (χ1v) is 5.08. The molecule has 0 bridgehead atoms. The summed E-state index contributed by atoms with van der Waals surface area (Å²) in [5.74, 6) is 0. The quantitative estimate of drug-likeness (QED) is 0.752. The van der Waals surface area contributed by atoms with Crippen LogP contribution < -0.4 is 10.2 Å². The van der Waals surface area contributed by atoms with E-state index in [-0.39, 0.29) is 0 Å². The topological polar surface area (TPSA) is 41.3 Å². The Morgan fingerprint density at radius 3 is 3.00 bits per heavy atom. The number of oxazole rings is 1. The van der Waals surface area contributed by atoms with E-state index >= 15 is 0 Å². The molecule has 0 fully saturated rings. The van der Waals surface area contributed by atoms with Gasteiger partial charge in [-0.25, -0.2) is 0 Å². The Kier molecular flexibility index (Phi) is 4.46. The van der Waals surface area contributed by atoms with E-state index in [1.54, 1.807) is 6.26 Å². The van der Waals surface area contributed by atoms with E-state index in [2.05, 4.69) is 17.2 Å². The van der Waals surface area contributed by atoms with Gasteiger partial charge in [0.15, 0.2) is 0 Å². The lowest BCUT2D eigenvalue weighted by Gasteiger charge is -2.12. The predicted octanol–water partition coefficient (Wildman–Crippen LogP) is 1.63. The van der Waals surface area contributed by atoms with Crippen molar-refractivity contribution < 1.29 is 4.42 Å². The summed E-state index contributed by atoms with van der Waals surface area (Å²) in [7, 11) is 3.90. The second-order valence-electron chi connectivity index (χ2n) is 3.43. The molecular weight excluding hydrogens is 178 g/mol. The predicted molar refractivity (Wildman–Crippen MR) is 57.4 cm³/mol. The molecule has 0 saturated heterocycles. The smallest absolute Gasteiger partial charge is 0.297 e. The summed E-state index contributed by atoms with van der Waals surface area (Å²) in [6.45, 7) is 3.93. The van der Waals surface area contributed by atoms with Crippen molar-refractivity contribution in [2.24, 2.45) is 0 Å². The number of aromatic nitrogens is 1. The standard InChI is InChI=1S/C10H19N3O/c1-4-5-6-13(3)10-12-9(7-11-2)8-14-10/h8,11H,4-7H2,1-3H3. The van der Waals surface area contributed by atoms with E-state index in [0.29, 0.717) is 6.01 Å². The maximum atomic E-state index is 5.35. The van der Waals surface area contributed by atoms with Gasteiger partial charge in [-0.1, -0.05) is 13.3 Å². The van der Waals surface area contributed by atoms with E-state index in [9.17, 15) is 0 Å².